The first kappa shape index (κ1) is 14.7. The SMILES string of the molecule is CCC(C)(OC)C(=O)Nc1cc(C)c(C(=O)O)s1. The van der Waals surface area contributed by atoms with Crippen LogP contribution in [0.4, 0.5) is 5.00 Å². The molecule has 0 aliphatic heterocycles. The summed E-state index contributed by atoms with van der Waals surface area (Å²) in [6.07, 6.45) is 0.533. The molecule has 1 aromatic heterocycles. The number of anilines is 1. The molecule has 1 atom stereocenters. The average Bonchev–Trinajstić information content (AvgIpc) is 2.69. The number of amides is 1. The van der Waals surface area contributed by atoms with Gasteiger partial charge in [0.2, 0.25) is 0 Å². The molecule has 1 amide bonds. The molecule has 0 aromatic carbocycles. The number of nitrogens with one attached hydrogen (secondary N) is 1. The first-order chi connectivity index (χ1) is 8.34. The molecule has 2 N–H and O–H groups in total. The number of hydrogen-bond acceptors (Lipinski definition) is 4. The van der Waals surface area contributed by atoms with Crippen molar-refractivity contribution in [3.63, 3.8) is 0 Å². The molecule has 1 heterocycles. The van der Waals surface area contributed by atoms with Crippen LogP contribution in [0.1, 0.15) is 35.5 Å². The van der Waals surface area contributed by atoms with Gasteiger partial charge in [-0.2, -0.15) is 0 Å². The minimum absolute atomic E-state index is 0.237. The summed E-state index contributed by atoms with van der Waals surface area (Å²) in [4.78, 5) is 23.2. The first-order valence-electron chi connectivity index (χ1n) is 5.54. The van der Waals surface area contributed by atoms with E-state index >= 15 is 0 Å². The van der Waals surface area contributed by atoms with Gasteiger partial charge in [0.05, 0.1) is 5.00 Å². The van der Waals surface area contributed by atoms with Gasteiger partial charge in [-0.1, -0.05) is 6.92 Å². The number of aryl methyl sites for hydroxylation is 1. The van der Waals surface area contributed by atoms with Crippen LogP contribution >= 0.6 is 11.3 Å². The van der Waals surface area contributed by atoms with Gasteiger partial charge in [0.15, 0.2) is 0 Å². The van der Waals surface area contributed by atoms with E-state index in [0.717, 1.165) is 11.3 Å². The zero-order chi connectivity index (χ0) is 13.9. The van der Waals surface area contributed by atoms with E-state index in [9.17, 15) is 9.59 Å². The fourth-order valence-corrected chi connectivity index (χ4v) is 2.30. The minimum atomic E-state index is -0.983. The lowest BCUT2D eigenvalue weighted by atomic mass is 10.0. The normalized spacial score (nSPS) is 14.0. The molecule has 0 aliphatic carbocycles. The molecule has 0 saturated heterocycles. The molecule has 0 aliphatic rings. The Labute approximate surface area is 110 Å². The summed E-state index contributed by atoms with van der Waals surface area (Å²) in [6, 6.07) is 1.65. The Balaban J connectivity index is 2.89. The fraction of sp³-hybridized carbons (Fsp3) is 0.500. The quantitative estimate of drug-likeness (QED) is 0.862. The Morgan fingerprint density at radius 2 is 2.17 bits per heavy atom. The molecule has 0 bridgehead atoms. The third-order valence-corrected chi connectivity index (χ3v) is 4.09. The van der Waals surface area contributed by atoms with E-state index in [4.69, 9.17) is 9.84 Å². The Hall–Kier alpha value is -1.40. The van der Waals surface area contributed by atoms with Crippen LogP contribution < -0.4 is 5.32 Å². The number of carboxylic acids is 1. The van der Waals surface area contributed by atoms with Crippen LogP contribution in [0.3, 0.4) is 0 Å². The lowest BCUT2D eigenvalue weighted by Crippen LogP contribution is -2.41. The summed E-state index contributed by atoms with van der Waals surface area (Å²) < 4.78 is 5.18. The number of aromatic carboxylic acids is 1. The minimum Gasteiger partial charge on any atom is -0.477 e. The number of ether oxygens (including phenoxy) is 1. The van der Waals surface area contributed by atoms with E-state index in [1.54, 1.807) is 19.9 Å². The summed E-state index contributed by atoms with van der Waals surface area (Å²) in [5.74, 6) is -1.26. The molecule has 100 valence electrons. The number of carbonyl (C=O) groups is 2. The highest BCUT2D eigenvalue weighted by atomic mass is 32.1. The second-order valence-electron chi connectivity index (χ2n) is 4.17. The second kappa shape index (κ2) is 5.49. The molecule has 0 radical (unpaired) electrons. The maximum Gasteiger partial charge on any atom is 0.346 e. The van der Waals surface area contributed by atoms with Crippen LogP contribution in [0.15, 0.2) is 6.07 Å². The van der Waals surface area contributed by atoms with Gasteiger partial charge in [-0.05, 0) is 31.9 Å². The molecule has 0 fully saturated rings. The van der Waals surface area contributed by atoms with E-state index in [-0.39, 0.29) is 10.8 Å². The highest BCUT2D eigenvalue weighted by Gasteiger charge is 2.31. The fourth-order valence-electron chi connectivity index (χ4n) is 1.40. The third kappa shape index (κ3) is 2.88. The molecule has 1 unspecified atom stereocenters. The Morgan fingerprint density at radius 1 is 1.56 bits per heavy atom. The summed E-state index contributed by atoms with van der Waals surface area (Å²) in [6.45, 7) is 5.25. The van der Waals surface area contributed by atoms with E-state index in [1.807, 2.05) is 6.92 Å². The van der Waals surface area contributed by atoms with Gasteiger partial charge in [-0.3, -0.25) is 4.79 Å². The van der Waals surface area contributed by atoms with Gasteiger partial charge in [-0.25, -0.2) is 4.79 Å². The van der Waals surface area contributed by atoms with Crippen molar-refractivity contribution in [2.75, 3.05) is 12.4 Å². The predicted octanol–water partition coefficient (Wildman–Crippen LogP) is 2.51. The molecule has 18 heavy (non-hydrogen) atoms. The number of rotatable bonds is 5. The maximum atomic E-state index is 12.0. The van der Waals surface area contributed by atoms with Crippen molar-refractivity contribution < 1.29 is 19.4 Å². The topological polar surface area (TPSA) is 75.6 Å². The van der Waals surface area contributed by atoms with Crippen molar-refractivity contribution in [2.24, 2.45) is 0 Å². The summed E-state index contributed by atoms with van der Waals surface area (Å²) in [7, 11) is 1.48. The van der Waals surface area contributed by atoms with Gasteiger partial charge < -0.3 is 15.2 Å². The number of methoxy groups -OCH3 is 1. The van der Waals surface area contributed by atoms with Crippen LogP contribution in [0.5, 0.6) is 0 Å². The van der Waals surface area contributed by atoms with Crippen LogP contribution in [0, 0.1) is 6.92 Å². The molecule has 6 heteroatoms. The molecule has 0 saturated carbocycles. The smallest absolute Gasteiger partial charge is 0.346 e. The van der Waals surface area contributed by atoms with Crippen LogP contribution in [-0.4, -0.2) is 29.7 Å². The van der Waals surface area contributed by atoms with Gasteiger partial charge in [-0.15, -0.1) is 11.3 Å². The van der Waals surface area contributed by atoms with Crippen LogP contribution in [0.2, 0.25) is 0 Å². The van der Waals surface area contributed by atoms with Gasteiger partial charge in [0.25, 0.3) is 5.91 Å². The molecular weight excluding hydrogens is 254 g/mol. The van der Waals surface area contributed by atoms with Gasteiger partial charge in [0.1, 0.15) is 10.5 Å². The van der Waals surface area contributed by atoms with Gasteiger partial charge >= 0.3 is 5.97 Å². The lowest BCUT2D eigenvalue weighted by molar-refractivity contribution is -0.136. The van der Waals surface area contributed by atoms with Crippen LogP contribution in [-0.2, 0) is 9.53 Å². The molecule has 1 aromatic rings. The largest absolute Gasteiger partial charge is 0.477 e. The molecule has 0 spiro atoms. The maximum absolute atomic E-state index is 12.0. The van der Waals surface area contributed by atoms with Crippen molar-refractivity contribution in [1.82, 2.24) is 0 Å². The number of hydrogen-bond donors (Lipinski definition) is 2. The zero-order valence-corrected chi connectivity index (χ0v) is 11.7. The summed E-state index contributed by atoms with van der Waals surface area (Å²) >= 11 is 1.05. The Kier molecular flexibility index (Phi) is 4.48. The Morgan fingerprint density at radius 3 is 2.56 bits per heavy atom. The standard InChI is InChI=1S/C12H17NO4S/c1-5-12(3,17-4)11(16)13-8-6-7(2)9(18-8)10(14)15/h6H,5H2,1-4H3,(H,13,16)(H,14,15). The van der Waals surface area contributed by atoms with Crippen molar-refractivity contribution in [1.29, 1.82) is 0 Å². The monoisotopic (exact) mass is 271 g/mol. The predicted molar refractivity (Wildman–Crippen MR) is 70.4 cm³/mol. The highest BCUT2D eigenvalue weighted by Crippen LogP contribution is 2.28. The van der Waals surface area contributed by atoms with E-state index in [0.29, 0.717) is 17.0 Å². The number of carboxylic acid groups (broad SMARTS) is 1. The van der Waals surface area contributed by atoms with E-state index in [1.165, 1.54) is 7.11 Å². The molecule has 1 rings (SSSR count). The number of carbonyl (C=O) groups excluding carboxylic acids is 1. The highest BCUT2D eigenvalue weighted by molar-refractivity contribution is 7.18. The molecular formula is C12H17NO4S. The van der Waals surface area contributed by atoms with E-state index in [2.05, 4.69) is 5.32 Å². The Bertz CT molecular complexity index is 463. The van der Waals surface area contributed by atoms with Gasteiger partial charge in [0, 0.05) is 7.11 Å². The second-order valence-corrected chi connectivity index (χ2v) is 5.22. The third-order valence-electron chi connectivity index (χ3n) is 2.95. The lowest BCUT2D eigenvalue weighted by Gasteiger charge is -2.24. The van der Waals surface area contributed by atoms with Crippen molar-refractivity contribution >= 4 is 28.2 Å². The first-order valence-corrected chi connectivity index (χ1v) is 6.36. The van der Waals surface area contributed by atoms with Crippen molar-refractivity contribution in [2.45, 2.75) is 32.8 Å². The average molecular weight is 271 g/mol. The summed E-state index contributed by atoms with van der Waals surface area (Å²) in [5, 5.41) is 12.2. The van der Waals surface area contributed by atoms with Crippen LogP contribution in [0.25, 0.3) is 0 Å². The van der Waals surface area contributed by atoms with Crippen molar-refractivity contribution in [3.05, 3.63) is 16.5 Å². The van der Waals surface area contributed by atoms with Crippen molar-refractivity contribution in [3.8, 4) is 0 Å². The summed E-state index contributed by atoms with van der Waals surface area (Å²) in [5.41, 5.74) is -0.264. The molecule has 5 nitrogen and oxygen atoms in total. The zero-order valence-electron chi connectivity index (χ0n) is 10.9. The van der Waals surface area contributed by atoms with E-state index < -0.39 is 11.6 Å². The number of thiophene rings is 1.